The number of hydrogen-bond acceptors (Lipinski definition) is 1. The number of hydrogen-bond donors (Lipinski definition) is 1. The zero-order chi connectivity index (χ0) is 13.9. The first-order chi connectivity index (χ1) is 9.72. The third-order valence-corrected chi connectivity index (χ3v) is 5.65. The molecule has 0 heterocycles. The number of fused-ring (bicyclic) bond motifs is 1. The third kappa shape index (κ3) is 3.25. The molecule has 1 heteroatoms. The minimum absolute atomic E-state index is 0.139. The van der Waals surface area contributed by atoms with Gasteiger partial charge in [-0.25, -0.2) is 0 Å². The molecule has 3 rings (SSSR count). The van der Waals surface area contributed by atoms with Gasteiger partial charge in [-0.1, -0.05) is 55.5 Å². The van der Waals surface area contributed by atoms with Crippen LogP contribution >= 0.6 is 0 Å². The van der Waals surface area contributed by atoms with Crippen molar-refractivity contribution in [3.05, 3.63) is 35.4 Å². The molecule has 0 radical (unpaired) electrons. The van der Waals surface area contributed by atoms with Crippen LogP contribution in [-0.4, -0.2) is 11.2 Å². The Balaban J connectivity index is 1.58. The van der Waals surface area contributed by atoms with Gasteiger partial charge in [0.1, 0.15) is 0 Å². The summed E-state index contributed by atoms with van der Waals surface area (Å²) in [6, 6.07) is 8.61. The minimum atomic E-state index is -0.139. The van der Waals surface area contributed by atoms with E-state index in [4.69, 9.17) is 0 Å². The van der Waals surface area contributed by atoms with Crippen LogP contribution in [-0.2, 0) is 6.42 Å². The van der Waals surface area contributed by atoms with Gasteiger partial charge in [-0.15, -0.1) is 0 Å². The molecule has 0 amide bonds. The quantitative estimate of drug-likeness (QED) is 0.858. The van der Waals surface area contributed by atoms with E-state index in [9.17, 15) is 5.11 Å². The Bertz CT molecular complexity index is 439. The zero-order valence-corrected chi connectivity index (χ0v) is 12.7. The summed E-state index contributed by atoms with van der Waals surface area (Å²) in [6.45, 7) is 2.13. The van der Waals surface area contributed by atoms with Gasteiger partial charge in [-0.2, -0.15) is 0 Å². The van der Waals surface area contributed by atoms with Crippen molar-refractivity contribution in [2.24, 2.45) is 17.8 Å². The third-order valence-electron chi connectivity index (χ3n) is 5.65. The van der Waals surface area contributed by atoms with Crippen molar-refractivity contribution in [2.45, 2.75) is 64.4 Å². The van der Waals surface area contributed by atoms with Gasteiger partial charge in [0.2, 0.25) is 0 Å². The van der Waals surface area contributed by atoms with E-state index >= 15 is 0 Å². The van der Waals surface area contributed by atoms with E-state index in [0.29, 0.717) is 5.92 Å². The molecule has 2 aliphatic rings. The van der Waals surface area contributed by atoms with Crippen molar-refractivity contribution < 1.29 is 5.11 Å². The van der Waals surface area contributed by atoms with Crippen LogP contribution in [0.1, 0.15) is 56.1 Å². The van der Waals surface area contributed by atoms with Crippen LogP contribution in [0.3, 0.4) is 0 Å². The van der Waals surface area contributed by atoms with E-state index in [0.717, 1.165) is 18.3 Å². The predicted octanol–water partition coefficient (Wildman–Crippen LogP) is 4.50. The molecule has 4 unspecified atom stereocenters. The molecular weight excluding hydrogens is 244 g/mol. The standard InChI is InChI=1S/C19H28O/c1-14-5-4-6-15(11-14)12-19(20)18-10-9-16-7-2-3-8-17(16)13-18/h4-6,11,16-20H,2-3,7-10,12-13H2,1H3. The van der Waals surface area contributed by atoms with Crippen molar-refractivity contribution in [1.29, 1.82) is 0 Å². The Morgan fingerprint density at radius 1 is 1.10 bits per heavy atom. The molecule has 2 saturated carbocycles. The molecule has 20 heavy (non-hydrogen) atoms. The summed E-state index contributed by atoms with van der Waals surface area (Å²) in [5.41, 5.74) is 2.59. The van der Waals surface area contributed by atoms with E-state index < -0.39 is 0 Å². The Kier molecular flexibility index (Phi) is 4.45. The van der Waals surface area contributed by atoms with Gasteiger partial charge < -0.3 is 5.11 Å². The number of aliphatic hydroxyl groups is 1. The van der Waals surface area contributed by atoms with Crippen molar-refractivity contribution in [2.75, 3.05) is 0 Å². The highest BCUT2D eigenvalue weighted by molar-refractivity contribution is 5.22. The topological polar surface area (TPSA) is 20.2 Å². The van der Waals surface area contributed by atoms with Crippen LogP contribution < -0.4 is 0 Å². The van der Waals surface area contributed by atoms with Gasteiger partial charge in [0.05, 0.1) is 6.10 Å². The Hall–Kier alpha value is -0.820. The summed E-state index contributed by atoms with van der Waals surface area (Å²) in [7, 11) is 0. The van der Waals surface area contributed by atoms with Crippen LogP contribution in [0.2, 0.25) is 0 Å². The second kappa shape index (κ2) is 6.30. The molecule has 2 aliphatic carbocycles. The molecule has 4 atom stereocenters. The molecule has 0 saturated heterocycles. The van der Waals surface area contributed by atoms with Crippen LogP contribution in [0.15, 0.2) is 24.3 Å². The molecule has 1 nitrogen and oxygen atoms in total. The van der Waals surface area contributed by atoms with E-state index in [-0.39, 0.29) is 6.10 Å². The molecule has 110 valence electrons. The zero-order valence-electron chi connectivity index (χ0n) is 12.7. The maximum Gasteiger partial charge on any atom is 0.0608 e. The summed E-state index contributed by atoms with van der Waals surface area (Å²) < 4.78 is 0. The highest BCUT2D eigenvalue weighted by Crippen LogP contribution is 2.43. The number of aryl methyl sites for hydroxylation is 1. The lowest BCUT2D eigenvalue weighted by Crippen LogP contribution is -2.34. The van der Waals surface area contributed by atoms with E-state index in [2.05, 4.69) is 31.2 Å². The van der Waals surface area contributed by atoms with Crippen molar-refractivity contribution in [1.82, 2.24) is 0 Å². The molecule has 0 aromatic heterocycles. The highest BCUT2D eigenvalue weighted by atomic mass is 16.3. The van der Waals surface area contributed by atoms with Crippen LogP contribution in [0.4, 0.5) is 0 Å². The number of benzene rings is 1. The Morgan fingerprint density at radius 2 is 1.90 bits per heavy atom. The van der Waals surface area contributed by atoms with Crippen LogP contribution in [0.5, 0.6) is 0 Å². The minimum Gasteiger partial charge on any atom is -0.392 e. The fourth-order valence-corrected chi connectivity index (χ4v) is 4.51. The first-order valence-corrected chi connectivity index (χ1v) is 8.46. The van der Waals surface area contributed by atoms with Crippen molar-refractivity contribution in [3.8, 4) is 0 Å². The average Bonchev–Trinajstić information content (AvgIpc) is 2.47. The van der Waals surface area contributed by atoms with E-state index in [1.807, 2.05) is 0 Å². The number of aliphatic hydroxyl groups excluding tert-OH is 1. The fraction of sp³-hybridized carbons (Fsp3) is 0.684. The van der Waals surface area contributed by atoms with Gasteiger partial charge in [0, 0.05) is 0 Å². The second-order valence-electron chi connectivity index (χ2n) is 7.14. The van der Waals surface area contributed by atoms with Gasteiger partial charge >= 0.3 is 0 Å². The monoisotopic (exact) mass is 272 g/mol. The molecule has 1 aromatic carbocycles. The summed E-state index contributed by atoms with van der Waals surface area (Å²) >= 11 is 0. The largest absolute Gasteiger partial charge is 0.392 e. The number of rotatable bonds is 3. The normalized spacial score (nSPS) is 31.6. The molecular formula is C19H28O. The van der Waals surface area contributed by atoms with Crippen molar-refractivity contribution in [3.63, 3.8) is 0 Å². The Labute approximate surface area is 123 Å². The SMILES string of the molecule is Cc1cccc(CC(O)C2CCC3CCCCC3C2)c1. The van der Waals surface area contributed by atoms with Gasteiger partial charge in [-0.05, 0) is 55.9 Å². The lowest BCUT2D eigenvalue weighted by atomic mass is 9.66. The van der Waals surface area contributed by atoms with Crippen LogP contribution in [0, 0.1) is 24.7 Å². The molecule has 0 spiro atoms. The van der Waals surface area contributed by atoms with E-state index in [1.54, 1.807) is 0 Å². The first-order valence-electron chi connectivity index (χ1n) is 8.46. The lowest BCUT2D eigenvalue weighted by Gasteiger charge is -2.40. The maximum absolute atomic E-state index is 10.6. The summed E-state index contributed by atoms with van der Waals surface area (Å²) in [6.07, 6.45) is 10.3. The molecule has 2 fully saturated rings. The maximum atomic E-state index is 10.6. The summed E-state index contributed by atoms with van der Waals surface area (Å²) in [5, 5.41) is 10.6. The lowest BCUT2D eigenvalue weighted by molar-refractivity contribution is 0.0361. The highest BCUT2D eigenvalue weighted by Gasteiger charge is 2.34. The predicted molar refractivity (Wildman–Crippen MR) is 83.7 cm³/mol. The molecule has 1 aromatic rings. The molecule has 1 N–H and O–H groups in total. The van der Waals surface area contributed by atoms with E-state index in [1.165, 1.54) is 56.1 Å². The first kappa shape index (κ1) is 14.1. The second-order valence-corrected chi connectivity index (χ2v) is 7.14. The van der Waals surface area contributed by atoms with Gasteiger partial charge in [-0.3, -0.25) is 0 Å². The fourth-order valence-electron chi connectivity index (χ4n) is 4.51. The molecule has 0 bridgehead atoms. The van der Waals surface area contributed by atoms with Crippen LogP contribution in [0.25, 0.3) is 0 Å². The van der Waals surface area contributed by atoms with Gasteiger partial charge in [0.15, 0.2) is 0 Å². The molecule has 0 aliphatic heterocycles. The summed E-state index contributed by atoms with van der Waals surface area (Å²) in [5.74, 6) is 2.43. The average molecular weight is 272 g/mol. The smallest absolute Gasteiger partial charge is 0.0608 e. The Morgan fingerprint density at radius 3 is 2.70 bits per heavy atom. The van der Waals surface area contributed by atoms with Crippen molar-refractivity contribution >= 4 is 0 Å². The van der Waals surface area contributed by atoms with Gasteiger partial charge in [0.25, 0.3) is 0 Å². The summed E-state index contributed by atoms with van der Waals surface area (Å²) in [4.78, 5) is 0.